The van der Waals surface area contributed by atoms with Gasteiger partial charge in [0.1, 0.15) is 23.0 Å². The fourth-order valence-electron chi connectivity index (χ4n) is 1.78. The molecule has 112 valence electrons. The van der Waals surface area contributed by atoms with Crippen molar-refractivity contribution >= 4 is 0 Å². The van der Waals surface area contributed by atoms with Crippen LogP contribution in [0.15, 0.2) is 48.5 Å². The third kappa shape index (κ3) is 4.91. The van der Waals surface area contributed by atoms with Crippen molar-refractivity contribution in [2.75, 3.05) is 27.4 Å². The Morgan fingerprint density at radius 3 is 1.24 bits per heavy atom. The Morgan fingerprint density at radius 1 is 0.571 bits per heavy atom. The van der Waals surface area contributed by atoms with E-state index in [0.29, 0.717) is 13.2 Å². The largest absolute Gasteiger partial charge is 0.497 e. The molecule has 0 fully saturated rings. The molecule has 0 aliphatic carbocycles. The van der Waals surface area contributed by atoms with E-state index in [4.69, 9.17) is 18.9 Å². The van der Waals surface area contributed by atoms with E-state index in [1.165, 1.54) is 0 Å². The van der Waals surface area contributed by atoms with Crippen molar-refractivity contribution in [1.29, 1.82) is 0 Å². The van der Waals surface area contributed by atoms with Gasteiger partial charge in [-0.05, 0) is 48.5 Å². The van der Waals surface area contributed by atoms with Crippen molar-refractivity contribution in [1.82, 2.24) is 0 Å². The maximum atomic E-state index is 5.62. The van der Waals surface area contributed by atoms with Gasteiger partial charge in [0.2, 0.25) is 0 Å². The number of ether oxygens (including phenoxy) is 4. The molecule has 0 saturated heterocycles. The van der Waals surface area contributed by atoms with Crippen molar-refractivity contribution in [2.45, 2.75) is 6.42 Å². The first-order valence-corrected chi connectivity index (χ1v) is 6.85. The first-order valence-electron chi connectivity index (χ1n) is 6.85. The topological polar surface area (TPSA) is 36.9 Å². The van der Waals surface area contributed by atoms with E-state index in [1.54, 1.807) is 14.2 Å². The molecule has 0 aliphatic heterocycles. The molecule has 4 heteroatoms. The quantitative estimate of drug-likeness (QED) is 0.696. The molecule has 2 aromatic carbocycles. The zero-order valence-corrected chi connectivity index (χ0v) is 12.4. The minimum absolute atomic E-state index is 0.614. The van der Waals surface area contributed by atoms with Crippen LogP contribution in [-0.4, -0.2) is 27.4 Å². The van der Waals surface area contributed by atoms with Crippen molar-refractivity contribution in [3.63, 3.8) is 0 Å². The average Bonchev–Trinajstić information content (AvgIpc) is 2.55. The van der Waals surface area contributed by atoms with Gasteiger partial charge in [0.25, 0.3) is 0 Å². The van der Waals surface area contributed by atoms with Crippen LogP contribution >= 0.6 is 0 Å². The second kappa shape index (κ2) is 8.04. The van der Waals surface area contributed by atoms with E-state index in [0.717, 1.165) is 29.4 Å². The molecule has 2 rings (SSSR count). The van der Waals surface area contributed by atoms with Crippen molar-refractivity contribution in [2.24, 2.45) is 0 Å². The van der Waals surface area contributed by atoms with E-state index < -0.39 is 0 Å². The molecule has 0 amide bonds. The molecule has 0 aliphatic rings. The molecular weight excluding hydrogens is 268 g/mol. The van der Waals surface area contributed by atoms with E-state index >= 15 is 0 Å². The first-order chi connectivity index (χ1) is 10.3. The minimum atomic E-state index is 0.614. The van der Waals surface area contributed by atoms with Crippen LogP contribution in [0.4, 0.5) is 0 Å². The summed E-state index contributed by atoms with van der Waals surface area (Å²) in [5.74, 6) is 3.32. The molecule has 2 aromatic rings. The van der Waals surface area contributed by atoms with Gasteiger partial charge in [-0.3, -0.25) is 0 Å². The predicted molar refractivity (Wildman–Crippen MR) is 81.6 cm³/mol. The Labute approximate surface area is 125 Å². The molecule has 0 bridgehead atoms. The second-order valence-corrected chi connectivity index (χ2v) is 4.40. The normalized spacial score (nSPS) is 10.0. The molecule has 0 heterocycles. The monoisotopic (exact) mass is 288 g/mol. The van der Waals surface area contributed by atoms with Crippen LogP contribution in [-0.2, 0) is 0 Å². The SMILES string of the molecule is COc1ccc(OCCCOc2ccc(OC)cc2)cc1. The molecule has 0 radical (unpaired) electrons. The van der Waals surface area contributed by atoms with Gasteiger partial charge in [-0.15, -0.1) is 0 Å². The highest BCUT2D eigenvalue weighted by molar-refractivity contribution is 5.31. The average molecular weight is 288 g/mol. The summed E-state index contributed by atoms with van der Waals surface area (Å²) >= 11 is 0. The van der Waals surface area contributed by atoms with Gasteiger partial charge < -0.3 is 18.9 Å². The Morgan fingerprint density at radius 2 is 0.905 bits per heavy atom. The third-order valence-electron chi connectivity index (χ3n) is 2.95. The van der Waals surface area contributed by atoms with Crippen LogP contribution in [0.3, 0.4) is 0 Å². The van der Waals surface area contributed by atoms with Gasteiger partial charge in [-0.2, -0.15) is 0 Å². The summed E-state index contributed by atoms with van der Waals surface area (Å²) in [5, 5.41) is 0. The highest BCUT2D eigenvalue weighted by atomic mass is 16.5. The van der Waals surface area contributed by atoms with Gasteiger partial charge in [0, 0.05) is 6.42 Å². The number of hydrogen-bond acceptors (Lipinski definition) is 4. The van der Waals surface area contributed by atoms with Crippen molar-refractivity contribution in [3.05, 3.63) is 48.5 Å². The van der Waals surface area contributed by atoms with Crippen LogP contribution in [0, 0.1) is 0 Å². The summed E-state index contributed by atoms with van der Waals surface area (Å²) < 4.78 is 21.4. The van der Waals surface area contributed by atoms with Crippen LogP contribution in [0.5, 0.6) is 23.0 Å². The summed E-state index contributed by atoms with van der Waals surface area (Å²) in [6.45, 7) is 1.23. The summed E-state index contributed by atoms with van der Waals surface area (Å²) in [6.07, 6.45) is 0.818. The number of methoxy groups -OCH3 is 2. The van der Waals surface area contributed by atoms with Crippen LogP contribution in [0.2, 0.25) is 0 Å². The molecule has 4 nitrogen and oxygen atoms in total. The molecular formula is C17H20O4. The standard InChI is InChI=1S/C17H20O4/c1-18-14-4-8-16(9-5-14)20-12-3-13-21-17-10-6-15(19-2)7-11-17/h4-11H,3,12-13H2,1-2H3. The van der Waals surface area contributed by atoms with E-state index in [2.05, 4.69) is 0 Å². The summed E-state index contributed by atoms with van der Waals surface area (Å²) in [4.78, 5) is 0. The van der Waals surface area contributed by atoms with Crippen LogP contribution in [0.1, 0.15) is 6.42 Å². The van der Waals surface area contributed by atoms with Gasteiger partial charge in [-0.25, -0.2) is 0 Å². The lowest BCUT2D eigenvalue weighted by atomic mass is 10.3. The number of hydrogen-bond donors (Lipinski definition) is 0. The summed E-state index contributed by atoms with van der Waals surface area (Å²) in [7, 11) is 3.29. The second-order valence-electron chi connectivity index (χ2n) is 4.40. The molecule has 21 heavy (non-hydrogen) atoms. The molecule has 0 N–H and O–H groups in total. The molecule has 0 atom stereocenters. The summed E-state index contributed by atoms with van der Waals surface area (Å²) in [5.41, 5.74) is 0. The van der Waals surface area contributed by atoms with Crippen molar-refractivity contribution in [3.8, 4) is 23.0 Å². The number of rotatable bonds is 8. The van der Waals surface area contributed by atoms with Crippen LogP contribution < -0.4 is 18.9 Å². The highest BCUT2D eigenvalue weighted by Crippen LogP contribution is 2.18. The minimum Gasteiger partial charge on any atom is -0.497 e. The molecule has 0 aromatic heterocycles. The van der Waals surface area contributed by atoms with Crippen LogP contribution in [0.25, 0.3) is 0 Å². The highest BCUT2D eigenvalue weighted by Gasteiger charge is 1.97. The fourth-order valence-corrected chi connectivity index (χ4v) is 1.78. The van der Waals surface area contributed by atoms with Gasteiger partial charge >= 0.3 is 0 Å². The maximum Gasteiger partial charge on any atom is 0.119 e. The number of benzene rings is 2. The molecule has 0 unspecified atom stereocenters. The third-order valence-corrected chi connectivity index (χ3v) is 2.95. The lowest BCUT2D eigenvalue weighted by Gasteiger charge is -2.09. The zero-order valence-electron chi connectivity index (χ0n) is 12.4. The maximum absolute atomic E-state index is 5.62. The van der Waals surface area contributed by atoms with E-state index in [9.17, 15) is 0 Å². The first kappa shape index (κ1) is 15.0. The van der Waals surface area contributed by atoms with E-state index in [1.807, 2.05) is 48.5 Å². The Balaban J connectivity index is 1.64. The fraction of sp³-hybridized carbons (Fsp3) is 0.294. The predicted octanol–water partition coefficient (Wildman–Crippen LogP) is 3.55. The Kier molecular flexibility index (Phi) is 5.76. The van der Waals surface area contributed by atoms with Gasteiger partial charge in [0.05, 0.1) is 27.4 Å². The summed E-state index contributed by atoms with van der Waals surface area (Å²) in [6, 6.07) is 15.1. The smallest absolute Gasteiger partial charge is 0.119 e. The Bertz CT molecular complexity index is 470. The van der Waals surface area contributed by atoms with Crippen molar-refractivity contribution < 1.29 is 18.9 Å². The van der Waals surface area contributed by atoms with E-state index in [-0.39, 0.29) is 0 Å². The van der Waals surface area contributed by atoms with Gasteiger partial charge in [0.15, 0.2) is 0 Å². The Hall–Kier alpha value is -2.36. The van der Waals surface area contributed by atoms with Gasteiger partial charge in [-0.1, -0.05) is 0 Å². The zero-order chi connectivity index (χ0) is 14.9. The lowest BCUT2D eigenvalue weighted by Crippen LogP contribution is -2.04. The molecule has 0 saturated carbocycles. The molecule has 0 spiro atoms. The lowest BCUT2D eigenvalue weighted by molar-refractivity contribution is 0.247.